The van der Waals surface area contributed by atoms with Crippen LogP contribution in [0.25, 0.3) is 0 Å². The number of amides is 1. The molecule has 0 aromatic heterocycles. The molecule has 6 heteroatoms. The zero-order valence-electron chi connectivity index (χ0n) is 20.9. The minimum absolute atomic E-state index is 0.0154. The molecule has 2 aromatic rings. The number of aliphatic imine (C=N–C) groups is 1. The second-order valence-electron chi connectivity index (χ2n) is 10.6. The third-order valence-corrected chi connectivity index (χ3v) is 7.67. The maximum Gasteiger partial charge on any atom is 0.230 e. The van der Waals surface area contributed by atoms with Gasteiger partial charge < -0.3 is 9.64 Å². The molecule has 4 nitrogen and oxygen atoms in total. The molecule has 1 fully saturated rings. The first-order chi connectivity index (χ1) is 16.6. The molecular weight excluding hydrogens is 479 g/mol. The van der Waals surface area contributed by atoms with Gasteiger partial charge in [-0.3, -0.25) is 4.79 Å². The quantitative estimate of drug-likeness (QED) is 0.358. The first kappa shape index (κ1) is 25.8. The average Bonchev–Trinajstić information content (AvgIpc) is 3.17. The van der Waals surface area contributed by atoms with Crippen LogP contribution in [0.3, 0.4) is 0 Å². The fourth-order valence-electron chi connectivity index (χ4n) is 5.51. The van der Waals surface area contributed by atoms with Crippen LogP contribution in [-0.4, -0.2) is 34.9 Å². The molecule has 0 aliphatic carbocycles. The predicted octanol–water partition coefficient (Wildman–Crippen LogP) is 7.62. The van der Waals surface area contributed by atoms with Gasteiger partial charge in [-0.15, -0.1) is 6.58 Å². The van der Waals surface area contributed by atoms with Gasteiger partial charge in [0.1, 0.15) is 12.6 Å². The molecule has 1 saturated heterocycles. The van der Waals surface area contributed by atoms with E-state index in [4.69, 9.17) is 32.9 Å². The number of hydrogen-bond acceptors (Lipinski definition) is 3. The van der Waals surface area contributed by atoms with Crippen LogP contribution < -0.4 is 0 Å². The molecule has 0 N–H and O–H groups in total. The summed E-state index contributed by atoms with van der Waals surface area (Å²) in [5, 5.41) is 1.35. The molecule has 0 bridgehead atoms. The predicted molar refractivity (Wildman–Crippen MR) is 144 cm³/mol. The van der Waals surface area contributed by atoms with Gasteiger partial charge in [-0.1, -0.05) is 67.4 Å². The Hall–Kier alpha value is -2.30. The van der Waals surface area contributed by atoms with E-state index in [1.54, 1.807) is 0 Å². The van der Waals surface area contributed by atoms with Gasteiger partial charge in [0.2, 0.25) is 11.8 Å². The summed E-state index contributed by atoms with van der Waals surface area (Å²) in [6.07, 6.45) is 3.80. The van der Waals surface area contributed by atoms with Crippen molar-refractivity contribution in [2.75, 3.05) is 6.61 Å². The second-order valence-corrected chi connectivity index (χ2v) is 11.5. The van der Waals surface area contributed by atoms with Crippen LogP contribution in [0.5, 0.6) is 0 Å². The molecule has 2 heterocycles. The highest BCUT2D eigenvalue weighted by Gasteiger charge is 2.52. The van der Waals surface area contributed by atoms with Gasteiger partial charge in [0, 0.05) is 16.0 Å². The molecule has 1 amide bonds. The first-order valence-corrected chi connectivity index (χ1v) is 13.0. The summed E-state index contributed by atoms with van der Waals surface area (Å²) in [4.78, 5) is 21.3. The molecule has 186 valence electrons. The van der Waals surface area contributed by atoms with Gasteiger partial charge in [-0.05, 0) is 68.5 Å². The van der Waals surface area contributed by atoms with Gasteiger partial charge in [0.25, 0.3) is 0 Å². The topological polar surface area (TPSA) is 41.9 Å². The summed E-state index contributed by atoms with van der Waals surface area (Å²) in [5.41, 5.74) is 1.22. The Morgan fingerprint density at radius 1 is 1.14 bits per heavy atom. The van der Waals surface area contributed by atoms with Crippen molar-refractivity contribution in [1.29, 1.82) is 0 Å². The van der Waals surface area contributed by atoms with E-state index >= 15 is 0 Å². The Balaban J connectivity index is 1.92. The zero-order chi connectivity index (χ0) is 25.4. The number of likely N-dealkylation sites (tertiary alicyclic amines) is 1. The highest BCUT2D eigenvalue weighted by Crippen LogP contribution is 2.52. The molecule has 0 spiro atoms. The summed E-state index contributed by atoms with van der Waals surface area (Å²) in [6, 6.07) is 15.3. The van der Waals surface area contributed by atoms with Crippen LogP contribution in [0.2, 0.25) is 10.0 Å². The fraction of sp³-hybridized carbons (Fsp3) is 0.448. The highest BCUT2D eigenvalue weighted by atomic mass is 35.5. The molecule has 2 aromatic carbocycles. The van der Waals surface area contributed by atoms with E-state index in [9.17, 15) is 4.79 Å². The Morgan fingerprint density at radius 3 is 2.43 bits per heavy atom. The third-order valence-electron chi connectivity index (χ3n) is 7.18. The third kappa shape index (κ3) is 5.15. The number of piperidine rings is 1. The lowest BCUT2D eigenvalue weighted by Crippen LogP contribution is -2.57. The molecule has 0 saturated carbocycles. The van der Waals surface area contributed by atoms with Crippen molar-refractivity contribution in [1.82, 2.24) is 4.90 Å². The first-order valence-electron chi connectivity index (χ1n) is 12.3. The number of hydrogen-bond donors (Lipinski definition) is 0. The van der Waals surface area contributed by atoms with Crippen molar-refractivity contribution in [2.45, 2.75) is 70.5 Å². The number of allylic oxidation sites excluding steroid dienone is 1. The highest BCUT2D eigenvalue weighted by molar-refractivity contribution is 6.30. The van der Waals surface area contributed by atoms with E-state index < -0.39 is 5.41 Å². The molecule has 35 heavy (non-hydrogen) atoms. The minimum atomic E-state index is -0.611. The lowest BCUT2D eigenvalue weighted by molar-refractivity contribution is -0.153. The number of halogens is 2. The van der Waals surface area contributed by atoms with Crippen LogP contribution in [0.1, 0.15) is 70.0 Å². The fourth-order valence-corrected chi connectivity index (χ4v) is 5.83. The molecule has 2 aliphatic rings. The summed E-state index contributed by atoms with van der Waals surface area (Å²) in [6.45, 7) is 12.7. The van der Waals surface area contributed by atoms with E-state index in [0.717, 1.165) is 11.1 Å². The standard InChI is InChI=1S/C29H34Cl2N2O2/c1-6-15-29(5)17-23(20-9-8-10-22(31)16-20)25(19-11-13-21(30)14-12-19)33(27(29)34)24(7-2)26-32-28(3,4)18-35-26/h6,8-14,16,23-25H,1,7,15,17-18H2,2-5H3/t23?,24?,25-,29+/m1/s1. The second kappa shape index (κ2) is 9.99. The molecule has 4 rings (SSSR count). The van der Waals surface area contributed by atoms with Crippen LogP contribution >= 0.6 is 23.2 Å². The zero-order valence-corrected chi connectivity index (χ0v) is 22.4. The Bertz CT molecular complexity index is 1130. The molecule has 4 atom stereocenters. The molecule has 2 unspecified atom stereocenters. The summed E-state index contributed by atoms with van der Waals surface area (Å²) in [5.74, 6) is 0.748. The van der Waals surface area contributed by atoms with Crippen molar-refractivity contribution in [2.24, 2.45) is 10.4 Å². The lowest BCUT2D eigenvalue weighted by Gasteiger charge is -2.51. The number of benzene rings is 2. The normalized spacial score (nSPS) is 26.7. The smallest absolute Gasteiger partial charge is 0.230 e. The number of carbonyl (C=O) groups excluding carboxylic acids is 1. The van der Waals surface area contributed by atoms with E-state index in [1.807, 2.05) is 60.4 Å². The van der Waals surface area contributed by atoms with Crippen molar-refractivity contribution >= 4 is 35.0 Å². The Labute approximate surface area is 219 Å². The summed E-state index contributed by atoms with van der Waals surface area (Å²) >= 11 is 12.7. The number of nitrogens with zero attached hydrogens (tertiary/aromatic N) is 2. The molecule has 0 radical (unpaired) electrons. The van der Waals surface area contributed by atoms with Crippen molar-refractivity contribution in [3.8, 4) is 0 Å². The number of carbonyl (C=O) groups is 1. The van der Waals surface area contributed by atoms with Gasteiger partial charge in [-0.25, -0.2) is 4.99 Å². The van der Waals surface area contributed by atoms with Gasteiger partial charge in [0.05, 0.1) is 17.0 Å². The maximum atomic E-state index is 14.4. The molecular formula is C29H34Cl2N2O2. The molecule has 2 aliphatic heterocycles. The maximum absolute atomic E-state index is 14.4. The Kier molecular flexibility index (Phi) is 7.36. The van der Waals surface area contributed by atoms with E-state index in [2.05, 4.69) is 33.4 Å². The van der Waals surface area contributed by atoms with Crippen LogP contribution in [0.4, 0.5) is 0 Å². The van der Waals surface area contributed by atoms with Crippen molar-refractivity contribution in [3.63, 3.8) is 0 Å². The average molecular weight is 514 g/mol. The van der Waals surface area contributed by atoms with Crippen LogP contribution in [0, 0.1) is 5.41 Å². The SMILES string of the molecule is C=CC[C@@]1(C)CC(c2cccc(Cl)c2)[C@@H](c2ccc(Cl)cc2)N(C(CC)C2=NC(C)(C)CO2)C1=O. The van der Waals surface area contributed by atoms with Gasteiger partial charge in [0.15, 0.2) is 0 Å². The summed E-state index contributed by atoms with van der Waals surface area (Å²) in [7, 11) is 0. The van der Waals surface area contributed by atoms with Crippen LogP contribution in [0.15, 0.2) is 66.2 Å². The monoisotopic (exact) mass is 512 g/mol. The van der Waals surface area contributed by atoms with Crippen molar-refractivity contribution < 1.29 is 9.53 Å². The van der Waals surface area contributed by atoms with Gasteiger partial charge in [-0.2, -0.15) is 0 Å². The van der Waals surface area contributed by atoms with E-state index in [0.29, 0.717) is 41.8 Å². The van der Waals surface area contributed by atoms with E-state index in [1.165, 1.54) is 0 Å². The number of rotatable bonds is 7. The largest absolute Gasteiger partial charge is 0.477 e. The van der Waals surface area contributed by atoms with E-state index in [-0.39, 0.29) is 29.4 Å². The van der Waals surface area contributed by atoms with Crippen molar-refractivity contribution in [3.05, 3.63) is 82.4 Å². The summed E-state index contributed by atoms with van der Waals surface area (Å²) < 4.78 is 6.11. The lowest BCUT2D eigenvalue weighted by atomic mass is 9.67. The number of ether oxygens (including phenoxy) is 1. The van der Waals surface area contributed by atoms with Crippen LogP contribution in [-0.2, 0) is 9.53 Å². The minimum Gasteiger partial charge on any atom is -0.477 e. The Morgan fingerprint density at radius 2 is 1.86 bits per heavy atom. The van der Waals surface area contributed by atoms with Gasteiger partial charge >= 0.3 is 0 Å².